The minimum absolute atomic E-state index is 0.00233. The molecule has 0 bridgehead atoms. The Morgan fingerprint density at radius 1 is 1.12 bits per heavy atom. The summed E-state index contributed by atoms with van der Waals surface area (Å²) in [6.45, 7) is 2.37. The van der Waals surface area contributed by atoms with Gasteiger partial charge in [0, 0.05) is 22.2 Å². The molecule has 0 spiro atoms. The molecule has 1 heterocycles. The molecular formula is C25H19ClN2O4. The second-order valence-electron chi connectivity index (χ2n) is 6.99. The lowest BCUT2D eigenvalue weighted by atomic mass is 9.83. The first kappa shape index (κ1) is 21.3. The van der Waals surface area contributed by atoms with E-state index in [2.05, 4.69) is 6.07 Å². The molecule has 6 nitrogen and oxygen atoms in total. The van der Waals surface area contributed by atoms with Crippen molar-refractivity contribution in [2.24, 2.45) is 5.73 Å². The number of esters is 1. The topological polar surface area (TPSA) is 94.6 Å². The van der Waals surface area contributed by atoms with Crippen LogP contribution in [0.3, 0.4) is 0 Å². The van der Waals surface area contributed by atoms with Gasteiger partial charge in [0.2, 0.25) is 5.88 Å². The van der Waals surface area contributed by atoms with Crippen LogP contribution in [0.1, 0.15) is 34.3 Å². The maximum absolute atomic E-state index is 12.5. The van der Waals surface area contributed by atoms with E-state index < -0.39 is 11.9 Å². The summed E-state index contributed by atoms with van der Waals surface area (Å²) in [7, 11) is 0. The first-order valence-electron chi connectivity index (χ1n) is 9.92. The van der Waals surface area contributed by atoms with Gasteiger partial charge in [-0.25, -0.2) is 4.79 Å². The lowest BCUT2D eigenvalue weighted by molar-refractivity contribution is 0.0734. The molecule has 32 heavy (non-hydrogen) atoms. The second-order valence-corrected chi connectivity index (χ2v) is 7.43. The number of allylic oxidation sites excluding steroid dienone is 1. The van der Waals surface area contributed by atoms with E-state index in [1.165, 1.54) is 0 Å². The number of halogens is 1. The third-order valence-corrected chi connectivity index (χ3v) is 5.26. The van der Waals surface area contributed by atoms with Crippen LogP contribution < -0.4 is 19.9 Å². The predicted octanol–water partition coefficient (Wildman–Crippen LogP) is 5.18. The van der Waals surface area contributed by atoms with Gasteiger partial charge in [-0.05, 0) is 43.3 Å². The molecule has 160 valence electrons. The quantitative estimate of drug-likeness (QED) is 0.429. The monoisotopic (exact) mass is 446 g/mol. The van der Waals surface area contributed by atoms with Crippen molar-refractivity contribution in [3.63, 3.8) is 0 Å². The Morgan fingerprint density at radius 3 is 2.59 bits per heavy atom. The van der Waals surface area contributed by atoms with Gasteiger partial charge in [0.25, 0.3) is 0 Å². The Kier molecular flexibility index (Phi) is 6.02. The maximum atomic E-state index is 12.5. The highest BCUT2D eigenvalue weighted by Gasteiger charge is 2.32. The van der Waals surface area contributed by atoms with Gasteiger partial charge in [-0.1, -0.05) is 35.9 Å². The van der Waals surface area contributed by atoms with Crippen molar-refractivity contribution in [2.75, 3.05) is 6.61 Å². The van der Waals surface area contributed by atoms with Gasteiger partial charge >= 0.3 is 5.97 Å². The number of carbonyl (C=O) groups is 1. The minimum atomic E-state index is -0.531. The molecule has 0 fully saturated rings. The van der Waals surface area contributed by atoms with E-state index >= 15 is 0 Å². The molecule has 7 heteroatoms. The Bertz CT molecular complexity index is 1250. The summed E-state index contributed by atoms with van der Waals surface area (Å²) in [6.07, 6.45) is 0. The molecule has 0 saturated carbocycles. The normalized spacial score (nSPS) is 14.7. The summed E-state index contributed by atoms with van der Waals surface area (Å²) in [4.78, 5) is 12.5. The lowest BCUT2D eigenvalue weighted by Crippen LogP contribution is -2.21. The van der Waals surface area contributed by atoms with Crippen molar-refractivity contribution >= 4 is 17.6 Å². The van der Waals surface area contributed by atoms with Crippen molar-refractivity contribution in [2.45, 2.75) is 12.8 Å². The Morgan fingerprint density at radius 2 is 1.88 bits per heavy atom. The van der Waals surface area contributed by atoms with E-state index in [9.17, 15) is 10.1 Å². The van der Waals surface area contributed by atoms with E-state index in [4.69, 9.17) is 31.5 Å². The molecule has 1 atom stereocenters. The van der Waals surface area contributed by atoms with Crippen LogP contribution in [0, 0.1) is 11.3 Å². The zero-order valence-corrected chi connectivity index (χ0v) is 17.9. The molecule has 3 aromatic carbocycles. The summed E-state index contributed by atoms with van der Waals surface area (Å²) in [6, 6.07) is 21.0. The first-order valence-corrected chi connectivity index (χ1v) is 10.3. The first-order chi connectivity index (χ1) is 15.5. The van der Waals surface area contributed by atoms with Gasteiger partial charge in [-0.15, -0.1) is 0 Å². The van der Waals surface area contributed by atoms with Crippen LogP contribution in [0.2, 0.25) is 5.02 Å². The minimum Gasteiger partial charge on any atom is -0.494 e. The Balaban J connectivity index is 1.71. The Hall–Kier alpha value is -3.95. The highest BCUT2D eigenvalue weighted by atomic mass is 35.5. The van der Waals surface area contributed by atoms with E-state index in [1.807, 2.05) is 31.2 Å². The molecule has 0 amide bonds. The van der Waals surface area contributed by atoms with Gasteiger partial charge < -0.3 is 19.9 Å². The third-order valence-electron chi connectivity index (χ3n) is 5.01. The van der Waals surface area contributed by atoms with Crippen molar-refractivity contribution in [3.05, 3.63) is 99.9 Å². The van der Waals surface area contributed by atoms with Crippen LogP contribution in [0.25, 0.3) is 0 Å². The number of hydrogen-bond acceptors (Lipinski definition) is 6. The van der Waals surface area contributed by atoms with E-state index in [1.54, 1.807) is 42.5 Å². The highest BCUT2D eigenvalue weighted by Crippen LogP contribution is 2.45. The molecule has 2 N–H and O–H groups in total. The number of para-hydroxylation sites is 1. The van der Waals surface area contributed by atoms with Gasteiger partial charge in [-0.2, -0.15) is 5.26 Å². The summed E-state index contributed by atoms with van der Waals surface area (Å²) >= 11 is 5.87. The fourth-order valence-corrected chi connectivity index (χ4v) is 3.70. The van der Waals surface area contributed by atoms with Crippen molar-refractivity contribution in [3.8, 4) is 23.3 Å². The standard InChI is InChI=1S/C25H19ClN2O4/c1-2-30-21-6-4-3-5-18(21)23-19-12-11-17(13-22(19)32-24(28)20(23)14-27)31-25(29)15-7-9-16(26)10-8-15/h3-13,23H,2,28H2,1H3. The Labute approximate surface area is 190 Å². The largest absolute Gasteiger partial charge is 0.494 e. The second kappa shape index (κ2) is 9.04. The highest BCUT2D eigenvalue weighted by molar-refractivity contribution is 6.30. The smallest absolute Gasteiger partial charge is 0.343 e. The fourth-order valence-electron chi connectivity index (χ4n) is 3.58. The number of carbonyl (C=O) groups excluding carboxylic acids is 1. The molecule has 0 aliphatic carbocycles. The maximum Gasteiger partial charge on any atom is 0.343 e. The molecule has 4 rings (SSSR count). The fraction of sp³-hybridized carbons (Fsp3) is 0.120. The van der Waals surface area contributed by atoms with Crippen LogP contribution in [-0.2, 0) is 0 Å². The SMILES string of the molecule is CCOc1ccccc1C1C(C#N)=C(N)Oc2cc(OC(=O)c3ccc(Cl)cc3)ccc21. The number of nitriles is 1. The van der Waals surface area contributed by atoms with Gasteiger partial charge in [-0.3, -0.25) is 0 Å². The van der Waals surface area contributed by atoms with Crippen molar-refractivity contribution in [1.82, 2.24) is 0 Å². The molecule has 0 radical (unpaired) electrons. The number of ether oxygens (including phenoxy) is 3. The average molecular weight is 447 g/mol. The third kappa shape index (κ3) is 4.11. The van der Waals surface area contributed by atoms with Gasteiger partial charge in [0.15, 0.2) is 0 Å². The van der Waals surface area contributed by atoms with E-state index in [0.29, 0.717) is 34.3 Å². The zero-order valence-electron chi connectivity index (χ0n) is 17.2. The number of benzene rings is 3. The van der Waals surface area contributed by atoms with Crippen LogP contribution in [0.4, 0.5) is 0 Å². The van der Waals surface area contributed by atoms with Crippen molar-refractivity contribution in [1.29, 1.82) is 5.26 Å². The number of rotatable bonds is 5. The molecule has 3 aromatic rings. The lowest BCUT2D eigenvalue weighted by Gasteiger charge is -2.27. The van der Waals surface area contributed by atoms with Crippen LogP contribution >= 0.6 is 11.6 Å². The van der Waals surface area contributed by atoms with E-state index in [0.717, 1.165) is 5.56 Å². The summed E-state index contributed by atoms with van der Waals surface area (Å²) < 4.78 is 17.0. The molecule has 0 aromatic heterocycles. The summed E-state index contributed by atoms with van der Waals surface area (Å²) in [5, 5.41) is 10.3. The van der Waals surface area contributed by atoms with Crippen molar-refractivity contribution < 1.29 is 19.0 Å². The molecule has 1 unspecified atom stereocenters. The van der Waals surface area contributed by atoms with Crippen LogP contribution in [0.5, 0.6) is 17.2 Å². The molecule has 1 aliphatic rings. The molecule has 1 aliphatic heterocycles. The summed E-state index contributed by atoms with van der Waals surface area (Å²) in [5.41, 5.74) is 8.25. The number of nitrogens with two attached hydrogens (primary N) is 1. The predicted molar refractivity (Wildman–Crippen MR) is 120 cm³/mol. The van der Waals surface area contributed by atoms with Crippen LogP contribution in [-0.4, -0.2) is 12.6 Å². The van der Waals surface area contributed by atoms with Gasteiger partial charge in [0.1, 0.15) is 28.9 Å². The molecule has 0 saturated heterocycles. The average Bonchev–Trinajstić information content (AvgIpc) is 2.79. The van der Waals surface area contributed by atoms with Gasteiger partial charge in [0.05, 0.1) is 18.1 Å². The number of fused-ring (bicyclic) bond motifs is 1. The zero-order chi connectivity index (χ0) is 22.7. The van der Waals surface area contributed by atoms with E-state index in [-0.39, 0.29) is 17.2 Å². The van der Waals surface area contributed by atoms with Crippen LogP contribution in [0.15, 0.2) is 78.2 Å². The molecular weight excluding hydrogens is 428 g/mol. The number of hydrogen-bond donors (Lipinski definition) is 1. The number of nitrogens with zero attached hydrogens (tertiary/aromatic N) is 1. The summed E-state index contributed by atoms with van der Waals surface area (Å²) in [5.74, 6) is 0.335.